The Hall–Kier alpha value is -2.86. The van der Waals surface area contributed by atoms with Crippen LogP contribution in [0.1, 0.15) is 37.8 Å². The number of nitrogens with zero attached hydrogens (tertiary/aromatic N) is 6. The highest BCUT2D eigenvalue weighted by Gasteiger charge is 2.51. The van der Waals surface area contributed by atoms with Crippen molar-refractivity contribution in [1.82, 2.24) is 25.1 Å². The molecule has 1 unspecified atom stereocenters. The quantitative estimate of drug-likeness (QED) is 0.752. The molecule has 0 bridgehead atoms. The number of nitriles is 1. The third-order valence-electron chi connectivity index (χ3n) is 6.26. The Morgan fingerprint density at radius 3 is 2.93 bits per heavy atom. The summed E-state index contributed by atoms with van der Waals surface area (Å²) in [6.45, 7) is 3.18. The number of nitrogens with one attached hydrogen (secondary N) is 2. The van der Waals surface area contributed by atoms with Gasteiger partial charge in [-0.25, -0.2) is 4.98 Å². The summed E-state index contributed by atoms with van der Waals surface area (Å²) >= 11 is 6.31. The Labute approximate surface area is 180 Å². The van der Waals surface area contributed by atoms with Crippen LogP contribution in [0, 0.1) is 23.7 Å². The van der Waals surface area contributed by atoms with Gasteiger partial charge in [0.15, 0.2) is 11.6 Å². The molecule has 1 atom stereocenters. The summed E-state index contributed by atoms with van der Waals surface area (Å²) in [6.07, 6.45) is 5.92. The maximum atomic E-state index is 12.4. The van der Waals surface area contributed by atoms with Gasteiger partial charge in [-0.15, -0.1) is 0 Å². The van der Waals surface area contributed by atoms with Crippen molar-refractivity contribution in [2.75, 3.05) is 30.4 Å². The normalized spacial score (nSPS) is 19.8. The maximum absolute atomic E-state index is 12.4. The number of likely N-dealkylation sites (N-methyl/N-ethyl adjacent to an activating group) is 1. The highest BCUT2D eigenvalue weighted by Crippen LogP contribution is 2.48. The third kappa shape index (κ3) is 3.79. The minimum absolute atomic E-state index is 0.00968. The first-order chi connectivity index (χ1) is 14.4. The van der Waals surface area contributed by atoms with E-state index in [2.05, 4.69) is 30.4 Å². The van der Waals surface area contributed by atoms with E-state index < -0.39 is 0 Å². The summed E-state index contributed by atoms with van der Waals surface area (Å²) in [6, 6.07) is 3.93. The number of aromatic amines is 1. The number of aromatic nitrogens is 4. The lowest BCUT2D eigenvalue weighted by Gasteiger charge is -2.36. The van der Waals surface area contributed by atoms with Gasteiger partial charge in [-0.2, -0.15) is 15.3 Å². The van der Waals surface area contributed by atoms with Gasteiger partial charge in [-0.1, -0.05) is 24.4 Å². The van der Waals surface area contributed by atoms with Crippen LogP contribution in [-0.4, -0.2) is 57.2 Å². The topological polar surface area (TPSA) is 114 Å². The van der Waals surface area contributed by atoms with Gasteiger partial charge >= 0.3 is 0 Å². The minimum Gasteiger partial charge on any atom is -0.339 e. The van der Waals surface area contributed by atoms with Gasteiger partial charge in [-0.3, -0.25) is 9.89 Å². The SMILES string of the molecule is Cc1cc(Nc2nc(N(C)C3CN(C(=O)CC#N)CC34CCCC4)ncc2Cl)n[nH]1. The smallest absolute Gasteiger partial charge is 0.236 e. The molecule has 0 radical (unpaired) electrons. The number of anilines is 3. The highest BCUT2D eigenvalue weighted by molar-refractivity contribution is 6.32. The van der Waals surface area contributed by atoms with Gasteiger partial charge < -0.3 is 15.1 Å². The van der Waals surface area contributed by atoms with Crippen LogP contribution in [0.25, 0.3) is 0 Å². The van der Waals surface area contributed by atoms with Crippen molar-refractivity contribution in [2.24, 2.45) is 5.41 Å². The second-order valence-electron chi connectivity index (χ2n) is 8.23. The largest absolute Gasteiger partial charge is 0.339 e. The molecular formula is C20H25ClN8O. The molecule has 10 heteroatoms. The summed E-state index contributed by atoms with van der Waals surface area (Å²) in [5.74, 6) is 1.55. The summed E-state index contributed by atoms with van der Waals surface area (Å²) in [5.41, 5.74) is 0.937. The molecule has 158 valence electrons. The molecule has 2 aromatic rings. The molecule has 0 aromatic carbocycles. The van der Waals surface area contributed by atoms with Gasteiger partial charge in [0.2, 0.25) is 11.9 Å². The Kier molecular flexibility index (Phi) is 5.52. The van der Waals surface area contributed by atoms with Crippen LogP contribution >= 0.6 is 11.6 Å². The van der Waals surface area contributed by atoms with Crippen molar-refractivity contribution in [2.45, 2.75) is 45.1 Å². The van der Waals surface area contributed by atoms with Crippen LogP contribution in [0.5, 0.6) is 0 Å². The Morgan fingerprint density at radius 2 is 2.27 bits per heavy atom. The molecule has 4 rings (SSSR count). The van der Waals surface area contributed by atoms with Crippen LogP contribution in [-0.2, 0) is 4.79 Å². The van der Waals surface area contributed by atoms with Crippen molar-refractivity contribution >= 4 is 35.1 Å². The first-order valence-corrected chi connectivity index (χ1v) is 10.5. The van der Waals surface area contributed by atoms with Crippen LogP contribution in [0.15, 0.2) is 12.3 Å². The average Bonchev–Trinajstić information content (AvgIpc) is 3.45. The minimum atomic E-state index is -0.104. The van der Waals surface area contributed by atoms with E-state index in [4.69, 9.17) is 16.9 Å². The number of likely N-dealkylation sites (tertiary alicyclic amines) is 1. The van der Waals surface area contributed by atoms with E-state index in [1.165, 1.54) is 0 Å². The Bertz CT molecular complexity index is 977. The third-order valence-corrected chi connectivity index (χ3v) is 6.53. The van der Waals surface area contributed by atoms with Gasteiger partial charge in [0.1, 0.15) is 11.4 Å². The zero-order valence-corrected chi connectivity index (χ0v) is 17.9. The summed E-state index contributed by atoms with van der Waals surface area (Å²) < 4.78 is 0. The number of amides is 1. The summed E-state index contributed by atoms with van der Waals surface area (Å²) in [5, 5.41) is 19.5. The van der Waals surface area contributed by atoms with Crippen LogP contribution < -0.4 is 10.2 Å². The van der Waals surface area contributed by atoms with Crippen molar-refractivity contribution in [3.05, 3.63) is 23.0 Å². The number of halogens is 1. The van der Waals surface area contributed by atoms with Crippen LogP contribution in [0.4, 0.5) is 17.6 Å². The molecule has 1 amide bonds. The van der Waals surface area contributed by atoms with E-state index in [1.807, 2.05) is 31.0 Å². The van der Waals surface area contributed by atoms with E-state index in [9.17, 15) is 4.79 Å². The number of carbonyl (C=O) groups is 1. The second-order valence-corrected chi connectivity index (χ2v) is 8.64. The van der Waals surface area contributed by atoms with E-state index in [1.54, 1.807) is 6.20 Å². The van der Waals surface area contributed by atoms with E-state index >= 15 is 0 Å². The molecule has 3 heterocycles. The second kappa shape index (κ2) is 8.11. The monoisotopic (exact) mass is 428 g/mol. The number of H-pyrrole nitrogens is 1. The van der Waals surface area contributed by atoms with Gasteiger partial charge in [0.05, 0.1) is 18.3 Å². The van der Waals surface area contributed by atoms with E-state index in [0.717, 1.165) is 31.4 Å². The first-order valence-electron chi connectivity index (χ1n) is 10.1. The fraction of sp³-hybridized carbons (Fsp3) is 0.550. The molecule has 2 N–H and O–H groups in total. The highest BCUT2D eigenvalue weighted by atomic mass is 35.5. The number of hydrogen-bond donors (Lipinski definition) is 2. The van der Waals surface area contributed by atoms with Crippen molar-refractivity contribution < 1.29 is 4.79 Å². The Balaban J connectivity index is 1.59. The molecule has 2 aromatic heterocycles. The summed E-state index contributed by atoms with van der Waals surface area (Å²) in [7, 11) is 1.97. The lowest BCUT2D eigenvalue weighted by atomic mass is 9.80. The predicted molar refractivity (Wildman–Crippen MR) is 114 cm³/mol. The summed E-state index contributed by atoms with van der Waals surface area (Å²) in [4.78, 5) is 25.4. The number of rotatable bonds is 5. The molecule has 2 fully saturated rings. The molecule has 1 aliphatic heterocycles. The van der Waals surface area contributed by atoms with Crippen LogP contribution in [0.3, 0.4) is 0 Å². The molecule has 1 spiro atoms. The number of aryl methyl sites for hydroxylation is 1. The van der Waals surface area contributed by atoms with Gasteiger partial charge in [-0.05, 0) is 19.8 Å². The molecule has 30 heavy (non-hydrogen) atoms. The Morgan fingerprint density at radius 1 is 1.50 bits per heavy atom. The van der Waals surface area contributed by atoms with Gasteiger partial charge in [0.25, 0.3) is 0 Å². The molecular weight excluding hydrogens is 404 g/mol. The lowest BCUT2D eigenvalue weighted by molar-refractivity contribution is -0.129. The first kappa shape index (κ1) is 20.4. The van der Waals surface area contributed by atoms with Crippen LogP contribution in [0.2, 0.25) is 5.02 Å². The fourth-order valence-electron chi connectivity index (χ4n) is 4.78. The molecule has 1 aliphatic carbocycles. The van der Waals surface area contributed by atoms with E-state index in [-0.39, 0.29) is 23.8 Å². The van der Waals surface area contributed by atoms with Crippen molar-refractivity contribution in [3.8, 4) is 6.07 Å². The van der Waals surface area contributed by atoms with E-state index in [0.29, 0.717) is 35.7 Å². The average molecular weight is 429 g/mol. The zero-order chi connectivity index (χ0) is 21.3. The zero-order valence-electron chi connectivity index (χ0n) is 17.2. The number of hydrogen-bond acceptors (Lipinski definition) is 7. The standard InChI is InChI=1S/C20H25ClN8O/c1-13-9-16(27-26-13)24-18-14(21)10-23-19(25-18)28(2)15-11-29(17(30)5-8-22)12-20(15)6-3-4-7-20/h9-10,15H,3-7,11-12H2,1-2H3,(H2,23,24,25,26,27). The number of carbonyl (C=O) groups excluding carboxylic acids is 1. The van der Waals surface area contributed by atoms with Crippen molar-refractivity contribution in [1.29, 1.82) is 5.26 Å². The molecule has 1 saturated heterocycles. The predicted octanol–water partition coefficient (Wildman–Crippen LogP) is 3.03. The van der Waals surface area contributed by atoms with Gasteiger partial charge in [0, 0.05) is 37.3 Å². The fourth-order valence-corrected chi connectivity index (χ4v) is 4.92. The molecule has 1 saturated carbocycles. The molecule has 2 aliphatic rings. The lowest BCUT2D eigenvalue weighted by Crippen LogP contribution is -2.45. The maximum Gasteiger partial charge on any atom is 0.236 e. The van der Waals surface area contributed by atoms with Crippen molar-refractivity contribution in [3.63, 3.8) is 0 Å². The molecule has 9 nitrogen and oxygen atoms in total.